The van der Waals surface area contributed by atoms with Crippen LogP contribution >= 0.6 is 12.6 Å². The lowest BCUT2D eigenvalue weighted by molar-refractivity contribution is -0.110. The molecule has 2 aromatic rings. The van der Waals surface area contributed by atoms with E-state index in [0.29, 0.717) is 30.8 Å². The van der Waals surface area contributed by atoms with Crippen molar-refractivity contribution >= 4 is 17.7 Å². The first-order valence-corrected chi connectivity index (χ1v) is 6.29. The number of hydrogen-bond donors (Lipinski definition) is 1. The Labute approximate surface area is 116 Å². The van der Waals surface area contributed by atoms with E-state index in [0.717, 1.165) is 5.69 Å². The second-order valence-electron chi connectivity index (χ2n) is 3.93. The Balaban J connectivity index is 2.21. The van der Waals surface area contributed by atoms with Gasteiger partial charge in [0.15, 0.2) is 10.9 Å². The molecule has 0 unspecified atom stereocenters. The van der Waals surface area contributed by atoms with Gasteiger partial charge in [-0.3, -0.25) is 4.79 Å². The number of aromatic nitrogens is 4. The van der Waals surface area contributed by atoms with Gasteiger partial charge in [0.05, 0.1) is 7.11 Å². The summed E-state index contributed by atoms with van der Waals surface area (Å²) < 4.78 is 6.91. The third-order valence-corrected chi connectivity index (χ3v) is 2.86. The van der Waals surface area contributed by atoms with Crippen molar-refractivity contribution in [2.45, 2.75) is 19.3 Å². The molecule has 1 aromatic carbocycles. The number of ether oxygens (including phenoxy) is 1. The minimum absolute atomic E-state index is 0.128. The average Bonchev–Trinajstić information content (AvgIpc) is 2.86. The van der Waals surface area contributed by atoms with Crippen LogP contribution in [0.4, 0.5) is 0 Å². The maximum atomic E-state index is 10.8. The smallest absolute Gasteiger partial charge is 0.185 e. The molecule has 0 saturated heterocycles. The first-order valence-electron chi connectivity index (χ1n) is 5.85. The van der Waals surface area contributed by atoms with Gasteiger partial charge >= 0.3 is 0 Å². The first-order chi connectivity index (χ1) is 9.22. The van der Waals surface area contributed by atoms with E-state index >= 15 is 0 Å². The number of carbonyl (C=O) groups is 1. The molecule has 0 saturated carbocycles. The van der Waals surface area contributed by atoms with E-state index in [2.05, 4.69) is 28.2 Å². The van der Waals surface area contributed by atoms with Crippen molar-refractivity contribution in [2.24, 2.45) is 0 Å². The lowest BCUT2D eigenvalue weighted by Crippen LogP contribution is -2.05. The number of nitrogens with zero attached hydrogens (tertiary/aromatic N) is 4. The van der Waals surface area contributed by atoms with Crippen LogP contribution in [0, 0.1) is 0 Å². The molecular weight excluding hydrogens is 264 g/mol. The number of benzene rings is 1. The van der Waals surface area contributed by atoms with Gasteiger partial charge in [0.2, 0.25) is 0 Å². The molecule has 100 valence electrons. The Morgan fingerprint density at radius 3 is 2.95 bits per heavy atom. The molecule has 0 bridgehead atoms. The lowest BCUT2D eigenvalue weighted by atomic mass is 10.2. The molecular formula is C12H14N4O2S. The van der Waals surface area contributed by atoms with Gasteiger partial charge in [0, 0.05) is 12.8 Å². The molecule has 0 aliphatic heterocycles. The summed E-state index contributed by atoms with van der Waals surface area (Å²) in [6.45, 7) is 0. The van der Waals surface area contributed by atoms with Crippen molar-refractivity contribution < 1.29 is 9.53 Å². The third kappa shape index (κ3) is 3.31. The van der Waals surface area contributed by atoms with Crippen LogP contribution in [0.3, 0.4) is 0 Å². The van der Waals surface area contributed by atoms with Gasteiger partial charge in [-0.15, -0.1) is 17.7 Å². The van der Waals surface area contributed by atoms with Crippen LogP contribution in [0.2, 0.25) is 0 Å². The molecule has 0 radical (unpaired) electrons. The van der Waals surface area contributed by atoms with Crippen LogP contribution < -0.4 is 4.74 Å². The lowest BCUT2D eigenvalue weighted by Gasteiger charge is -2.08. The van der Waals surface area contributed by atoms with Crippen LogP contribution in [0.1, 0.15) is 18.7 Å². The molecule has 0 amide bonds. The highest BCUT2D eigenvalue weighted by Crippen LogP contribution is 2.22. The number of carbonyl (C=O) groups excluding carboxylic acids is 1. The highest BCUT2D eigenvalue weighted by Gasteiger charge is 2.12. The largest absolute Gasteiger partial charge is 0.494 e. The topological polar surface area (TPSA) is 69.9 Å². The number of tetrazole rings is 1. The highest BCUT2D eigenvalue weighted by molar-refractivity contribution is 7.96. The minimum atomic E-state index is -0.128. The molecule has 0 N–H and O–H groups in total. The van der Waals surface area contributed by atoms with Gasteiger partial charge in [-0.25, -0.2) is 0 Å². The minimum Gasteiger partial charge on any atom is -0.494 e. The van der Waals surface area contributed by atoms with Gasteiger partial charge in [-0.2, -0.15) is 4.68 Å². The number of hydrogen-bond acceptors (Lipinski definition) is 5. The highest BCUT2D eigenvalue weighted by atomic mass is 32.1. The molecule has 0 aliphatic rings. The molecule has 19 heavy (non-hydrogen) atoms. The summed E-state index contributed by atoms with van der Waals surface area (Å²) >= 11 is 3.74. The predicted molar refractivity (Wildman–Crippen MR) is 72.6 cm³/mol. The van der Waals surface area contributed by atoms with Gasteiger partial charge in [-0.05, 0) is 29.0 Å². The first kappa shape index (κ1) is 13.5. The molecule has 0 fully saturated rings. The molecule has 6 nitrogen and oxygen atoms in total. The van der Waals surface area contributed by atoms with E-state index in [1.807, 2.05) is 24.3 Å². The summed E-state index contributed by atoms with van der Waals surface area (Å²) in [5.74, 6) is 1.39. The Kier molecular flexibility index (Phi) is 4.51. The van der Waals surface area contributed by atoms with Gasteiger partial charge in [0.25, 0.3) is 0 Å². The number of methoxy groups -OCH3 is 1. The molecule has 0 spiro atoms. The van der Waals surface area contributed by atoms with Crippen molar-refractivity contribution in [3.05, 3.63) is 30.1 Å². The van der Waals surface area contributed by atoms with E-state index in [4.69, 9.17) is 4.74 Å². The molecule has 0 aliphatic carbocycles. The summed E-state index contributed by atoms with van der Waals surface area (Å²) in [6, 6.07) is 7.49. The second-order valence-corrected chi connectivity index (χ2v) is 4.42. The maximum Gasteiger partial charge on any atom is 0.185 e. The van der Waals surface area contributed by atoms with Gasteiger partial charge in [0.1, 0.15) is 11.4 Å². The van der Waals surface area contributed by atoms with Crippen molar-refractivity contribution in [3.63, 3.8) is 0 Å². The Bertz CT molecular complexity index is 570. The van der Waals surface area contributed by atoms with E-state index in [1.165, 1.54) is 0 Å². The zero-order chi connectivity index (χ0) is 13.7. The van der Waals surface area contributed by atoms with Crippen LogP contribution in [0.5, 0.6) is 5.75 Å². The average molecular weight is 278 g/mol. The monoisotopic (exact) mass is 278 g/mol. The molecule has 7 heteroatoms. The second kappa shape index (κ2) is 6.33. The van der Waals surface area contributed by atoms with Crippen molar-refractivity contribution in [1.82, 2.24) is 20.2 Å². The molecule has 2 rings (SSSR count). The molecule has 1 aromatic heterocycles. The standard InChI is InChI=1S/C12H14N4O2S/c1-18-10-6-3-2-5-9(10)16-11(13-14-15-16)7-4-8-12(17)19/h2-3,5-6H,4,7-8H2,1H3,(H,17,19). The Hall–Kier alpha value is -1.89. The molecule has 1 heterocycles. The number of para-hydroxylation sites is 2. The van der Waals surface area contributed by atoms with E-state index in [9.17, 15) is 4.79 Å². The Morgan fingerprint density at radius 1 is 1.42 bits per heavy atom. The number of aryl methyl sites for hydroxylation is 1. The van der Waals surface area contributed by atoms with Gasteiger partial charge < -0.3 is 4.74 Å². The summed E-state index contributed by atoms with van der Waals surface area (Å²) in [7, 11) is 1.60. The van der Waals surface area contributed by atoms with Gasteiger partial charge in [-0.1, -0.05) is 12.1 Å². The fraction of sp³-hybridized carbons (Fsp3) is 0.333. The normalized spacial score (nSPS) is 10.4. The SMILES string of the molecule is COc1ccccc1-n1nnnc1CCCC(=O)S. The number of thiol groups is 1. The van der Waals surface area contributed by atoms with E-state index in [-0.39, 0.29) is 5.12 Å². The zero-order valence-corrected chi connectivity index (χ0v) is 11.4. The number of rotatable bonds is 6. The van der Waals surface area contributed by atoms with Crippen LogP contribution in [0.15, 0.2) is 24.3 Å². The maximum absolute atomic E-state index is 10.8. The predicted octanol–water partition coefficient (Wildman–Crippen LogP) is 1.45. The summed E-state index contributed by atoms with van der Waals surface area (Å²) in [5.41, 5.74) is 0.780. The molecule has 0 atom stereocenters. The zero-order valence-electron chi connectivity index (χ0n) is 10.5. The third-order valence-electron chi connectivity index (χ3n) is 2.64. The van der Waals surface area contributed by atoms with Crippen molar-refractivity contribution in [2.75, 3.05) is 7.11 Å². The van der Waals surface area contributed by atoms with Crippen molar-refractivity contribution in [3.8, 4) is 11.4 Å². The van der Waals surface area contributed by atoms with Crippen LogP contribution in [-0.2, 0) is 11.2 Å². The summed E-state index contributed by atoms with van der Waals surface area (Å²) in [6.07, 6.45) is 1.68. The van der Waals surface area contributed by atoms with Crippen LogP contribution in [0.25, 0.3) is 5.69 Å². The Morgan fingerprint density at radius 2 is 2.21 bits per heavy atom. The van der Waals surface area contributed by atoms with E-state index < -0.39 is 0 Å². The van der Waals surface area contributed by atoms with Crippen LogP contribution in [-0.4, -0.2) is 32.4 Å². The fourth-order valence-electron chi connectivity index (χ4n) is 1.75. The summed E-state index contributed by atoms with van der Waals surface area (Å²) in [4.78, 5) is 10.8. The van der Waals surface area contributed by atoms with Crippen molar-refractivity contribution in [1.29, 1.82) is 0 Å². The summed E-state index contributed by atoms with van der Waals surface area (Å²) in [5, 5.41) is 11.5. The fourth-order valence-corrected chi connectivity index (χ4v) is 1.91. The van der Waals surface area contributed by atoms with E-state index in [1.54, 1.807) is 11.8 Å². The quantitative estimate of drug-likeness (QED) is 0.810.